The van der Waals surface area contributed by atoms with Crippen molar-refractivity contribution in [3.8, 4) is 11.6 Å². The number of aromatic nitrogens is 2. The van der Waals surface area contributed by atoms with Crippen molar-refractivity contribution in [3.05, 3.63) is 66.0 Å². The average molecular weight is 350 g/mol. The van der Waals surface area contributed by atoms with Crippen LogP contribution >= 0.6 is 0 Å². The molecule has 1 heterocycles. The molecule has 3 aromatic rings. The van der Waals surface area contributed by atoms with Crippen molar-refractivity contribution in [1.82, 2.24) is 9.97 Å². The van der Waals surface area contributed by atoms with Gasteiger partial charge in [-0.25, -0.2) is 9.78 Å². The van der Waals surface area contributed by atoms with Gasteiger partial charge in [-0.05, 0) is 48.9 Å². The lowest BCUT2D eigenvalue weighted by molar-refractivity contribution is 0.0600. The first-order valence-corrected chi connectivity index (χ1v) is 7.87. The van der Waals surface area contributed by atoms with Crippen molar-refractivity contribution in [2.24, 2.45) is 0 Å². The first kappa shape index (κ1) is 17.2. The van der Waals surface area contributed by atoms with Crippen molar-refractivity contribution in [2.75, 3.05) is 18.2 Å². The molecule has 0 bridgehead atoms. The van der Waals surface area contributed by atoms with Crippen molar-refractivity contribution in [3.63, 3.8) is 0 Å². The van der Waals surface area contributed by atoms with Crippen LogP contribution in [0.4, 0.5) is 17.2 Å². The smallest absolute Gasteiger partial charge is 0.337 e. The zero-order valence-corrected chi connectivity index (χ0v) is 14.4. The Bertz CT molecular complexity index is 926. The minimum Gasteiger partial charge on any atom is -0.465 e. The Morgan fingerprint density at radius 3 is 2.58 bits per heavy atom. The maximum Gasteiger partial charge on any atom is 0.337 e. The number of nitrogens with one attached hydrogen (secondary N) is 1. The largest absolute Gasteiger partial charge is 0.465 e. The summed E-state index contributed by atoms with van der Waals surface area (Å²) in [6.45, 7) is 2.00. The maximum atomic E-state index is 11.5. The summed E-state index contributed by atoms with van der Waals surface area (Å²) < 4.78 is 10.4. The van der Waals surface area contributed by atoms with Gasteiger partial charge in [0.2, 0.25) is 5.88 Å². The van der Waals surface area contributed by atoms with Crippen LogP contribution in [-0.2, 0) is 4.74 Å². The molecule has 0 saturated carbocycles. The highest BCUT2D eigenvalue weighted by atomic mass is 16.5. The van der Waals surface area contributed by atoms with Crippen LogP contribution in [0.5, 0.6) is 11.6 Å². The third-order valence-corrected chi connectivity index (χ3v) is 3.62. The molecule has 7 heteroatoms. The fourth-order valence-electron chi connectivity index (χ4n) is 2.31. The quantitative estimate of drug-likeness (QED) is 0.677. The Hall–Kier alpha value is -3.61. The summed E-state index contributed by atoms with van der Waals surface area (Å²) in [5.74, 6) is 0.750. The van der Waals surface area contributed by atoms with Crippen LogP contribution in [0.3, 0.4) is 0 Å². The second kappa shape index (κ2) is 7.52. The molecule has 0 radical (unpaired) electrons. The fourth-order valence-corrected chi connectivity index (χ4v) is 2.31. The van der Waals surface area contributed by atoms with Gasteiger partial charge < -0.3 is 20.5 Å². The van der Waals surface area contributed by atoms with Crippen molar-refractivity contribution in [2.45, 2.75) is 6.92 Å². The molecule has 26 heavy (non-hydrogen) atoms. The van der Waals surface area contributed by atoms with Gasteiger partial charge in [0.15, 0.2) is 5.82 Å². The predicted octanol–water partition coefficient (Wildman–Crippen LogP) is 3.69. The third kappa shape index (κ3) is 3.89. The Morgan fingerprint density at radius 2 is 1.88 bits per heavy atom. The number of methoxy groups -OCH3 is 1. The molecule has 0 aliphatic carbocycles. The lowest BCUT2D eigenvalue weighted by Crippen LogP contribution is -2.03. The molecule has 0 unspecified atom stereocenters. The van der Waals surface area contributed by atoms with Gasteiger partial charge in [0.1, 0.15) is 17.8 Å². The number of aryl methyl sites for hydroxylation is 1. The van der Waals surface area contributed by atoms with E-state index in [4.69, 9.17) is 10.5 Å². The number of anilines is 3. The van der Waals surface area contributed by atoms with Crippen LogP contribution in [0.25, 0.3) is 0 Å². The lowest BCUT2D eigenvalue weighted by atomic mass is 10.2. The van der Waals surface area contributed by atoms with Crippen molar-refractivity contribution >= 4 is 23.2 Å². The van der Waals surface area contributed by atoms with Gasteiger partial charge in [-0.1, -0.05) is 12.1 Å². The number of hydrogen-bond donors (Lipinski definition) is 2. The van der Waals surface area contributed by atoms with Gasteiger partial charge in [-0.2, -0.15) is 4.98 Å². The Morgan fingerprint density at radius 1 is 1.12 bits per heavy atom. The normalized spacial score (nSPS) is 10.2. The molecule has 0 aliphatic rings. The second-order valence-electron chi connectivity index (χ2n) is 5.55. The summed E-state index contributed by atoms with van der Waals surface area (Å²) >= 11 is 0. The van der Waals surface area contributed by atoms with E-state index in [9.17, 15) is 4.79 Å². The molecule has 0 atom stereocenters. The summed E-state index contributed by atoms with van der Waals surface area (Å²) in [5, 5.41) is 3.15. The zero-order valence-electron chi connectivity index (χ0n) is 14.4. The van der Waals surface area contributed by atoms with Gasteiger partial charge in [-0.3, -0.25) is 0 Å². The van der Waals surface area contributed by atoms with Crippen molar-refractivity contribution in [1.29, 1.82) is 0 Å². The number of rotatable bonds is 5. The molecule has 0 saturated heterocycles. The highest BCUT2D eigenvalue weighted by molar-refractivity contribution is 5.89. The molecular formula is C19H18N4O3. The van der Waals surface area contributed by atoms with E-state index in [0.29, 0.717) is 17.1 Å². The first-order valence-electron chi connectivity index (χ1n) is 7.87. The summed E-state index contributed by atoms with van der Waals surface area (Å²) in [6, 6.07) is 14.3. The first-order chi connectivity index (χ1) is 12.6. The molecule has 132 valence electrons. The van der Waals surface area contributed by atoms with Crippen LogP contribution in [0.1, 0.15) is 15.9 Å². The Kier molecular flexibility index (Phi) is 4.98. The van der Waals surface area contributed by atoms with Crippen LogP contribution in [0.15, 0.2) is 54.9 Å². The number of ether oxygens (including phenoxy) is 2. The minimum atomic E-state index is -0.414. The molecule has 1 aromatic heterocycles. The van der Waals surface area contributed by atoms with E-state index in [1.54, 1.807) is 24.3 Å². The number of benzene rings is 2. The molecule has 7 nitrogen and oxygen atoms in total. The number of hydrogen-bond acceptors (Lipinski definition) is 7. The molecule has 0 spiro atoms. The third-order valence-electron chi connectivity index (χ3n) is 3.62. The number of esters is 1. The Balaban J connectivity index is 1.79. The van der Waals surface area contributed by atoms with Crippen LogP contribution in [-0.4, -0.2) is 23.0 Å². The van der Waals surface area contributed by atoms with E-state index in [2.05, 4.69) is 20.0 Å². The van der Waals surface area contributed by atoms with E-state index < -0.39 is 5.97 Å². The molecule has 0 fully saturated rings. The molecule has 3 rings (SSSR count). The number of nitrogens with two attached hydrogens (primary N) is 1. The van der Waals surface area contributed by atoms with Gasteiger partial charge in [0.05, 0.1) is 12.7 Å². The van der Waals surface area contributed by atoms with Crippen LogP contribution in [0.2, 0.25) is 0 Å². The molecule has 3 N–H and O–H groups in total. The monoisotopic (exact) mass is 350 g/mol. The van der Waals surface area contributed by atoms with E-state index >= 15 is 0 Å². The average Bonchev–Trinajstić information content (AvgIpc) is 2.65. The molecular weight excluding hydrogens is 332 g/mol. The summed E-state index contributed by atoms with van der Waals surface area (Å²) in [5.41, 5.74) is 8.82. The van der Waals surface area contributed by atoms with Crippen LogP contribution < -0.4 is 15.8 Å². The van der Waals surface area contributed by atoms with Gasteiger partial charge in [-0.15, -0.1) is 0 Å². The van der Waals surface area contributed by atoms with Gasteiger partial charge in [0.25, 0.3) is 0 Å². The number of nitrogens with zero attached hydrogens (tertiary/aromatic N) is 2. The summed E-state index contributed by atoms with van der Waals surface area (Å²) in [4.78, 5) is 19.7. The molecule has 0 aliphatic heterocycles. The standard InChI is InChI=1S/C19H18N4O3/c1-12-4-3-5-14(10-12)23-17-16(20)18(22-11-21-17)26-15-8-6-13(7-9-15)19(24)25-2/h3-11H,20H2,1-2H3,(H,21,22,23). The van der Waals surface area contributed by atoms with E-state index in [0.717, 1.165) is 11.3 Å². The predicted molar refractivity (Wildman–Crippen MR) is 98.8 cm³/mol. The van der Waals surface area contributed by atoms with Gasteiger partial charge >= 0.3 is 5.97 Å². The highest BCUT2D eigenvalue weighted by Crippen LogP contribution is 2.31. The minimum absolute atomic E-state index is 0.223. The van der Waals surface area contributed by atoms with Gasteiger partial charge in [0, 0.05) is 5.69 Å². The van der Waals surface area contributed by atoms with Crippen molar-refractivity contribution < 1.29 is 14.3 Å². The molecule has 2 aromatic carbocycles. The lowest BCUT2D eigenvalue weighted by Gasteiger charge is -2.12. The van der Waals surface area contributed by atoms with Crippen LogP contribution in [0, 0.1) is 6.92 Å². The van der Waals surface area contributed by atoms with E-state index in [-0.39, 0.29) is 11.6 Å². The molecule has 0 amide bonds. The number of nitrogen functional groups attached to an aromatic ring is 1. The summed E-state index contributed by atoms with van der Waals surface area (Å²) in [7, 11) is 1.33. The topological polar surface area (TPSA) is 99.4 Å². The highest BCUT2D eigenvalue weighted by Gasteiger charge is 2.12. The SMILES string of the molecule is COC(=O)c1ccc(Oc2ncnc(Nc3cccc(C)c3)c2N)cc1. The zero-order chi connectivity index (χ0) is 18.5. The second-order valence-corrected chi connectivity index (χ2v) is 5.55. The number of carbonyl (C=O) groups is 1. The van der Waals surface area contributed by atoms with E-state index in [1.165, 1.54) is 13.4 Å². The Labute approximate surface area is 150 Å². The van der Waals surface area contributed by atoms with E-state index in [1.807, 2.05) is 31.2 Å². The summed E-state index contributed by atoms with van der Waals surface area (Å²) in [6.07, 6.45) is 1.37. The maximum absolute atomic E-state index is 11.5. The fraction of sp³-hybridized carbons (Fsp3) is 0.105. The number of carbonyl (C=O) groups excluding carboxylic acids is 1.